The molecule has 1 aliphatic rings. The highest BCUT2D eigenvalue weighted by Gasteiger charge is 2.24. The molecular formula is C26H20Cl2F2N4O2. The third kappa shape index (κ3) is 4.66. The molecule has 1 saturated heterocycles. The summed E-state index contributed by atoms with van der Waals surface area (Å²) < 4.78 is 28.6. The molecule has 0 spiro atoms. The highest BCUT2D eigenvalue weighted by molar-refractivity contribution is 6.39. The molecule has 2 aromatic carbocycles. The van der Waals surface area contributed by atoms with E-state index < -0.39 is 17.7 Å². The molecule has 0 atom stereocenters. The summed E-state index contributed by atoms with van der Waals surface area (Å²) in [6.07, 6.45) is 1.79. The lowest BCUT2D eigenvalue weighted by Crippen LogP contribution is -2.41. The van der Waals surface area contributed by atoms with Gasteiger partial charge in [-0.3, -0.25) is 4.98 Å². The summed E-state index contributed by atoms with van der Waals surface area (Å²) in [6.45, 7) is 0.782. The Hall–Kier alpha value is -3.49. The van der Waals surface area contributed by atoms with Crippen molar-refractivity contribution in [3.05, 3.63) is 76.4 Å². The first-order valence-electron chi connectivity index (χ1n) is 11.3. The van der Waals surface area contributed by atoms with E-state index in [1.807, 2.05) is 0 Å². The van der Waals surface area contributed by atoms with Crippen molar-refractivity contribution < 1.29 is 18.7 Å². The Balaban J connectivity index is 1.67. The third-order valence-electron chi connectivity index (χ3n) is 6.27. The number of hydrogen-bond acceptors (Lipinski definition) is 4. The van der Waals surface area contributed by atoms with E-state index in [0.29, 0.717) is 69.5 Å². The minimum Gasteiger partial charge on any atom is -0.465 e. The number of pyridine rings is 2. The summed E-state index contributed by atoms with van der Waals surface area (Å²) in [5.74, 6) is -0.937. The van der Waals surface area contributed by atoms with Gasteiger partial charge in [0.2, 0.25) is 0 Å². The van der Waals surface area contributed by atoms with Gasteiger partial charge >= 0.3 is 6.09 Å². The topological polar surface area (TPSA) is 78.4 Å². The van der Waals surface area contributed by atoms with Gasteiger partial charge in [0.1, 0.15) is 17.5 Å². The zero-order valence-electron chi connectivity index (χ0n) is 18.8. The van der Waals surface area contributed by atoms with Crippen LogP contribution < -0.4 is 5.32 Å². The fourth-order valence-corrected chi connectivity index (χ4v) is 5.06. The number of rotatable bonds is 4. The Morgan fingerprint density at radius 3 is 2.42 bits per heavy atom. The molecule has 0 radical (unpaired) electrons. The van der Waals surface area contributed by atoms with Gasteiger partial charge in [0.15, 0.2) is 0 Å². The van der Waals surface area contributed by atoms with Crippen LogP contribution in [0.2, 0.25) is 10.0 Å². The number of anilines is 1. The van der Waals surface area contributed by atoms with Gasteiger partial charge in [-0.05, 0) is 54.8 Å². The lowest BCUT2D eigenvalue weighted by Gasteiger charge is -2.31. The van der Waals surface area contributed by atoms with Gasteiger partial charge in [0.25, 0.3) is 0 Å². The molecule has 1 aliphatic heterocycles. The molecule has 36 heavy (non-hydrogen) atoms. The van der Waals surface area contributed by atoms with Crippen molar-refractivity contribution in [1.29, 1.82) is 0 Å². The standard InChI is InChI=1S/C26H20Cl2F2N4O2/c27-19-2-1-3-20(28)23(19)25-24-17(6-9-31-25)18(16-5-4-14(29)12-21(16)30)13-22(33-24)32-15-7-10-34(11-8-15)26(35)36/h1-6,9,12-13,15H,7-8,10-11H2,(H,32,33)(H,35,36). The van der Waals surface area contributed by atoms with Crippen molar-refractivity contribution in [2.45, 2.75) is 18.9 Å². The maximum Gasteiger partial charge on any atom is 0.407 e. The van der Waals surface area contributed by atoms with Gasteiger partial charge in [-0.25, -0.2) is 18.6 Å². The molecule has 0 saturated carbocycles. The maximum atomic E-state index is 14.9. The van der Waals surface area contributed by atoms with Crippen LogP contribution in [0.25, 0.3) is 33.3 Å². The third-order valence-corrected chi connectivity index (χ3v) is 6.90. The molecule has 0 aliphatic carbocycles. The highest BCUT2D eigenvalue weighted by atomic mass is 35.5. The van der Waals surface area contributed by atoms with Crippen molar-refractivity contribution in [3.8, 4) is 22.4 Å². The van der Waals surface area contributed by atoms with Crippen molar-refractivity contribution in [3.63, 3.8) is 0 Å². The zero-order valence-corrected chi connectivity index (χ0v) is 20.3. The minimum absolute atomic E-state index is 0.0412. The van der Waals surface area contributed by atoms with Gasteiger partial charge in [0, 0.05) is 47.9 Å². The maximum absolute atomic E-state index is 14.9. The van der Waals surface area contributed by atoms with Crippen LogP contribution in [0.15, 0.2) is 54.7 Å². The molecule has 10 heteroatoms. The molecular weight excluding hydrogens is 509 g/mol. The number of aromatic nitrogens is 2. The molecule has 2 N–H and O–H groups in total. The quantitative estimate of drug-likeness (QED) is 0.295. The van der Waals surface area contributed by atoms with Crippen LogP contribution in [0.4, 0.5) is 19.4 Å². The molecule has 6 nitrogen and oxygen atoms in total. The van der Waals surface area contributed by atoms with Gasteiger partial charge in [0.05, 0.1) is 21.3 Å². The molecule has 5 rings (SSSR count). The van der Waals surface area contributed by atoms with E-state index in [1.165, 1.54) is 17.0 Å². The Morgan fingerprint density at radius 2 is 1.75 bits per heavy atom. The second kappa shape index (κ2) is 9.87. The number of benzene rings is 2. The monoisotopic (exact) mass is 528 g/mol. The second-order valence-corrected chi connectivity index (χ2v) is 9.33. The van der Waals surface area contributed by atoms with E-state index >= 15 is 0 Å². The Bertz CT molecular complexity index is 1460. The van der Waals surface area contributed by atoms with Crippen LogP contribution >= 0.6 is 23.2 Å². The molecule has 0 unspecified atom stereocenters. The van der Waals surface area contributed by atoms with Crippen molar-refractivity contribution in [2.24, 2.45) is 0 Å². The SMILES string of the molecule is O=C(O)N1CCC(Nc2cc(-c3ccc(F)cc3F)c3ccnc(-c4c(Cl)cccc4Cl)c3n2)CC1. The van der Waals surface area contributed by atoms with Crippen LogP contribution in [0, 0.1) is 11.6 Å². The first-order chi connectivity index (χ1) is 17.3. The minimum atomic E-state index is -0.946. The number of fused-ring (bicyclic) bond motifs is 1. The van der Waals surface area contributed by atoms with E-state index in [-0.39, 0.29) is 11.6 Å². The number of carbonyl (C=O) groups is 1. The fourth-order valence-electron chi connectivity index (χ4n) is 4.49. The van der Waals surface area contributed by atoms with Crippen LogP contribution in [-0.2, 0) is 0 Å². The smallest absolute Gasteiger partial charge is 0.407 e. The van der Waals surface area contributed by atoms with Crippen molar-refractivity contribution in [2.75, 3.05) is 18.4 Å². The first-order valence-corrected chi connectivity index (χ1v) is 12.0. The van der Waals surface area contributed by atoms with E-state index in [4.69, 9.17) is 28.2 Å². The molecule has 0 bridgehead atoms. The average Bonchev–Trinajstić information content (AvgIpc) is 2.84. The number of carboxylic acid groups (broad SMARTS) is 1. The zero-order chi connectivity index (χ0) is 25.4. The molecule has 1 fully saturated rings. The summed E-state index contributed by atoms with van der Waals surface area (Å²) in [5.41, 5.74) is 2.07. The summed E-state index contributed by atoms with van der Waals surface area (Å²) in [4.78, 5) is 21.9. The fraction of sp³-hybridized carbons (Fsp3) is 0.192. The normalized spacial score (nSPS) is 14.3. The van der Waals surface area contributed by atoms with E-state index in [1.54, 1.807) is 36.5 Å². The van der Waals surface area contributed by atoms with Crippen LogP contribution in [0.1, 0.15) is 12.8 Å². The van der Waals surface area contributed by atoms with Crippen LogP contribution in [-0.4, -0.2) is 45.2 Å². The number of nitrogens with zero attached hydrogens (tertiary/aromatic N) is 3. The lowest BCUT2D eigenvalue weighted by molar-refractivity contribution is 0.134. The largest absolute Gasteiger partial charge is 0.465 e. The number of likely N-dealkylation sites (tertiary alicyclic amines) is 1. The summed E-state index contributed by atoms with van der Waals surface area (Å²) in [7, 11) is 0. The number of amides is 1. The summed E-state index contributed by atoms with van der Waals surface area (Å²) in [5, 5.41) is 14.0. The van der Waals surface area contributed by atoms with Gasteiger partial charge in [-0.2, -0.15) is 0 Å². The van der Waals surface area contributed by atoms with Crippen molar-refractivity contribution >= 4 is 46.0 Å². The molecule has 3 heterocycles. The average molecular weight is 529 g/mol. The Kier molecular flexibility index (Phi) is 6.64. The summed E-state index contributed by atoms with van der Waals surface area (Å²) in [6, 6.07) is 11.9. The number of halogens is 4. The van der Waals surface area contributed by atoms with Crippen LogP contribution in [0.3, 0.4) is 0 Å². The van der Waals surface area contributed by atoms with E-state index in [0.717, 1.165) is 6.07 Å². The summed E-state index contributed by atoms with van der Waals surface area (Å²) >= 11 is 13.0. The first kappa shape index (κ1) is 24.2. The molecule has 2 aromatic heterocycles. The second-order valence-electron chi connectivity index (χ2n) is 8.52. The number of piperidine rings is 1. The highest BCUT2D eigenvalue weighted by Crippen LogP contribution is 2.40. The van der Waals surface area contributed by atoms with Crippen molar-refractivity contribution in [1.82, 2.24) is 14.9 Å². The molecule has 4 aromatic rings. The van der Waals surface area contributed by atoms with E-state index in [2.05, 4.69) is 10.3 Å². The van der Waals surface area contributed by atoms with Gasteiger partial charge < -0.3 is 15.3 Å². The number of nitrogens with one attached hydrogen (secondary N) is 1. The van der Waals surface area contributed by atoms with Gasteiger partial charge in [-0.15, -0.1) is 0 Å². The predicted octanol–water partition coefficient (Wildman–Crippen LogP) is 7.10. The lowest BCUT2D eigenvalue weighted by atomic mass is 9.98. The number of hydrogen-bond donors (Lipinski definition) is 2. The van der Waals surface area contributed by atoms with Crippen LogP contribution in [0.5, 0.6) is 0 Å². The Labute approximate surface area is 215 Å². The molecule has 1 amide bonds. The van der Waals surface area contributed by atoms with E-state index in [9.17, 15) is 18.7 Å². The predicted molar refractivity (Wildman–Crippen MR) is 137 cm³/mol. The van der Waals surface area contributed by atoms with Gasteiger partial charge in [-0.1, -0.05) is 29.3 Å². The molecule has 184 valence electrons. The Morgan fingerprint density at radius 1 is 1.03 bits per heavy atom.